The SMILES string of the molecule is CCOC(=O)/C=C/c1cc2c(c(NO)c1)CCN(C(=O)c1ccccc1)C2. The predicted molar refractivity (Wildman–Crippen MR) is 102 cm³/mol. The maximum Gasteiger partial charge on any atom is 0.330 e. The summed E-state index contributed by atoms with van der Waals surface area (Å²) in [6, 6.07) is 12.9. The Kier molecular flexibility index (Phi) is 5.88. The van der Waals surface area contributed by atoms with Crippen molar-refractivity contribution in [2.45, 2.75) is 19.9 Å². The van der Waals surface area contributed by atoms with E-state index >= 15 is 0 Å². The molecule has 0 bridgehead atoms. The number of esters is 1. The normalized spacial score (nSPS) is 13.3. The van der Waals surface area contributed by atoms with Gasteiger partial charge in [0.2, 0.25) is 0 Å². The summed E-state index contributed by atoms with van der Waals surface area (Å²) in [4.78, 5) is 26.0. The first-order valence-electron chi connectivity index (χ1n) is 8.87. The van der Waals surface area contributed by atoms with E-state index in [1.807, 2.05) is 24.3 Å². The molecule has 0 fully saturated rings. The minimum Gasteiger partial charge on any atom is -0.463 e. The Labute approximate surface area is 158 Å². The van der Waals surface area contributed by atoms with Crippen molar-refractivity contribution in [2.75, 3.05) is 18.6 Å². The van der Waals surface area contributed by atoms with Crippen molar-refractivity contribution in [3.63, 3.8) is 0 Å². The second kappa shape index (κ2) is 8.51. The first-order valence-corrected chi connectivity index (χ1v) is 8.87. The number of rotatable bonds is 5. The summed E-state index contributed by atoms with van der Waals surface area (Å²) in [5.74, 6) is -0.443. The van der Waals surface area contributed by atoms with Crippen LogP contribution in [0.3, 0.4) is 0 Å². The number of hydrogen-bond donors (Lipinski definition) is 2. The quantitative estimate of drug-likeness (QED) is 0.482. The zero-order valence-corrected chi connectivity index (χ0v) is 15.1. The summed E-state index contributed by atoms with van der Waals surface area (Å²) in [6.45, 7) is 3.08. The van der Waals surface area contributed by atoms with Crippen LogP contribution in [0.15, 0.2) is 48.5 Å². The summed E-state index contributed by atoms with van der Waals surface area (Å²) in [5, 5.41) is 9.49. The van der Waals surface area contributed by atoms with Gasteiger partial charge in [0, 0.05) is 24.7 Å². The number of carbonyl (C=O) groups excluding carboxylic acids is 2. The van der Waals surface area contributed by atoms with Crippen molar-refractivity contribution >= 4 is 23.6 Å². The van der Waals surface area contributed by atoms with E-state index in [0.717, 1.165) is 16.7 Å². The predicted octanol–water partition coefficient (Wildman–Crippen LogP) is 3.26. The van der Waals surface area contributed by atoms with Crippen LogP contribution in [-0.4, -0.2) is 35.1 Å². The van der Waals surface area contributed by atoms with E-state index in [1.165, 1.54) is 6.08 Å². The molecule has 1 aliphatic rings. The van der Waals surface area contributed by atoms with Crippen LogP contribution < -0.4 is 5.48 Å². The van der Waals surface area contributed by atoms with Crippen LogP contribution in [0.25, 0.3) is 6.08 Å². The molecule has 0 atom stereocenters. The molecular weight excluding hydrogens is 344 g/mol. The lowest BCUT2D eigenvalue weighted by molar-refractivity contribution is -0.137. The topological polar surface area (TPSA) is 78.9 Å². The Hall–Kier alpha value is -3.12. The first kappa shape index (κ1) is 18.7. The molecule has 6 heteroatoms. The Morgan fingerprint density at radius 2 is 2.04 bits per heavy atom. The zero-order valence-electron chi connectivity index (χ0n) is 15.1. The van der Waals surface area contributed by atoms with Gasteiger partial charge < -0.3 is 9.64 Å². The summed E-state index contributed by atoms with van der Waals surface area (Å²) in [5.41, 5.74) is 6.12. The summed E-state index contributed by atoms with van der Waals surface area (Å²) in [6.07, 6.45) is 3.62. The van der Waals surface area contributed by atoms with Gasteiger partial charge in [-0.15, -0.1) is 0 Å². The number of nitrogens with zero attached hydrogens (tertiary/aromatic N) is 1. The minimum absolute atomic E-state index is 0.0211. The van der Waals surface area contributed by atoms with Gasteiger partial charge in [0.1, 0.15) is 0 Å². The van der Waals surface area contributed by atoms with Crippen molar-refractivity contribution < 1.29 is 19.5 Å². The van der Waals surface area contributed by atoms with Crippen molar-refractivity contribution in [1.82, 2.24) is 4.90 Å². The van der Waals surface area contributed by atoms with Gasteiger partial charge in [-0.25, -0.2) is 4.79 Å². The largest absolute Gasteiger partial charge is 0.463 e. The molecule has 27 heavy (non-hydrogen) atoms. The van der Waals surface area contributed by atoms with E-state index in [4.69, 9.17) is 4.74 Å². The average Bonchev–Trinajstić information content (AvgIpc) is 2.71. The third-order valence-electron chi connectivity index (χ3n) is 4.48. The van der Waals surface area contributed by atoms with Gasteiger partial charge in [0.25, 0.3) is 5.91 Å². The molecule has 0 radical (unpaired) electrons. The second-order valence-corrected chi connectivity index (χ2v) is 6.25. The van der Waals surface area contributed by atoms with Gasteiger partial charge >= 0.3 is 5.97 Å². The summed E-state index contributed by atoms with van der Waals surface area (Å²) in [7, 11) is 0. The molecule has 2 N–H and O–H groups in total. The van der Waals surface area contributed by atoms with Crippen LogP contribution in [0.5, 0.6) is 0 Å². The Balaban J connectivity index is 1.85. The third-order valence-corrected chi connectivity index (χ3v) is 4.48. The number of carbonyl (C=O) groups is 2. The fourth-order valence-electron chi connectivity index (χ4n) is 3.21. The van der Waals surface area contributed by atoms with Gasteiger partial charge in [-0.05, 0) is 60.4 Å². The molecule has 0 spiro atoms. The number of fused-ring (bicyclic) bond motifs is 1. The standard InChI is InChI=1S/C21H22N2O4/c1-2-27-20(24)9-8-15-12-17-14-23(11-10-18(17)19(13-15)22-26)21(25)16-6-4-3-5-7-16/h3-9,12-13,22,26H,2,10-11,14H2,1H3/b9-8+. The molecule has 1 heterocycles. The fourth-order valence-corrected chi connectivity index (χ4v) is 3.21. The smallest absolute Gasteiger partial charge is 0.330 e. The molecule has 1 aliphatic heterocycles. The van der Waals surface area contributed by atoms with E-state index < -0.39 is 5.97 Å². The first-order chi connectivity index (χ1) is 13.1. The molecule has 0 aliphatic carbocycles. The molecule has 0 saturated heterocycles. The summed E-state index contributed by atoms with van der Waals surface area (Å²) < 4.78 is 4.89. The van der Waals surface area contributed by atoms with Crippen LogP contribution >= 0.6 is 0 Å². The number of benzene rings is 2. The molecule has 0 aromatic heterocycles. The molecule has 140 valence electrons. The Morgan fingerprint density at radius 1 is 1.26 bits per heavy atom. The van der Waals surface area contributed by atoms with E-state index in [1.54, 1.807) is 36.1 Å². The summed E-state index contributed by atoms with van der Waals surface area (Å²) >= 11 is 0. The molecule has 2 aromatic rings. The highest BCUT2D eigenvalue weighted by molar-refractivity contribution is 5.94. The fraction of sp³-hybridized carbons (Fsp3) is 0.238. The molecule has 0 saturated carbocycles. The maximum atomic E-state index is 12.7. The molecule has 2 aromatic carbocycles. The number of hydrogen-bond acceptors (Lipinski definition) is 5. The van der Waals surface area contributed by atoms with Gasteiger partial charge in [0.15, 0.2) is 0 Å². The zero-order chi connectivity index (χ0) is 19.2. The number of nitrogens with one attached hydrogen (secondary N) is 1. The van der Waals surface area contributed by atoms with Gasteiger partial charge in [-0.3, -0.25) is 15.5 Å². The maximum absolute atomic E-state index is 12.7. The van der Waals surface area contributed by atoms with Crippen molar-refractivity contribution in [2.24, 2.45) is 0 Å². The van der Waals surface area contributed by atoms with Crippen LogP contribution in [-0.2, 0) is 22.5 Å². The van der Waals surface area contributed by atoms with Crippen LogP contribution in [0.4, 0.5) is 5.69 Å². The van der Waals surface area contributed by atoms with E-state index in [2.05, 4.69) is 5.48 Å². The van der Waals surface area contributed by atoms with Crippen molar-refractivity contribution in [3.05, 3.63) is 70.8 Å². The molecule has 3 rings (SSSR count). The number of amides is 1. The van der Waals surface area contributed by atoms with E-state index in [9.17, 15) is 14.8 Å². The van der Waals surface area contributed by atoms with Gasteiger partial charge in [-0.2, -0.15) is 0 Å². The lowest BCUT2D eigenvalue weighted by Gasteiger charge is -2.30. The minimum atomic E-state index is -0.422. The van der Waals surface area contributed by atoms with Crippen LogP contribution in [0, 0.1) is 0 Å². The number of ether oxygens (including phenoxy) is 1. The van der Waals surface area contributed by atoms with E-state index in [-0.39, 0.29) is 5.91 Å². The molecule has 0 unspecified atom stereocenters. The Morgan fingerprint density at radius 3 is 2.74 bits per heavy atom. The van der Waals surface area contributed by atoms with Gasteiger partial charge in [0.05, 0.1) is 12.3 Å². The monoisotopic (exact) mass is 366 g/mol. The van der Waals surface area contributed by atoms with Crippen LogP contribution in [0.2, 0.25) is 0 Å². The average molecular weight is 366 g/mol. The van der Waals surface area contributed by atoms with Gasteiger partial charge in [-0.1, -0.05) is 18.2 Å². The number of anilines is 1. The third kappa shape index (κ3) is 4.35. The second-order valence-electron chi connectivity index (χ2n) is 6.25. The van der Waals surface area contributed by atoms with Crippen LogP contribution in [0.1, 0.15) is 34.0 Å². The van der Waals surface area contributed by atoms with E-state index in [0.29, 0.717) is 37.4 Å². The Bertz CT molecular complexity index is 862. The molecule has 6 nitrogen and oxygen atoms in total. The highest BCUT2D eigenvalue weighted by Gasteiger charge is 2.24. The lowest BCUT2D eigenvalue weighted by atomic mass is 9.94. The highest BCUT2D eigenvalue weighted by Crippen LogP contribution is 2.29. The van der Waals surface area contributed by atoms with Crippen molar-refractivity contribution in [3.8, 4) is 0 Å². The highest BCUT2D eigenvalue weighted by atomic mass is 16.5. The lowest BCUT2D eigenvalue weighted by Crippen LogP contribution is -2.36. The molecular formula is C21H22N2O4. The molecule has 1 amide bonds. The van der Waals surface area contributed by atoms with Crippen molar-refractivity contribution in [1.29, 1.82) is 0 Å².